The molecule has 2 atom stereocenters. The van der Waals surface area contributed by atoms with E-state index in [1.165, 1.54) is 0 Å². The number of hydrogen-bond acceptors (Lipinski definition) is 4. The summed E-state index contributed by atoms with van der Waals surface area (Å²) in [6.07, 6.45) is 0. The van der Waals surface area contributed by atoms with Crippen LogP contribution in [0.4, 0.5) is 5.69 Å². The van der Waals surface area contributed by atoms with E-state index in [9.17, 15) is 9.90 Å². The second-order valence-corrected chi connectivity index (χ2v) is 5.96. The van der Waals surface area contributed by atoms with Gasteiger partial charge in [-0.3, -0.25) is 4.98 Å². The predicted molar refractivity (Wildman–Crippen MR) is 79.5 cm³/mol. The van der Waals surface area contributed by atoms with E-state index in [2.05, 4.69) is 35.8 Å². The summed E-state index contributed by atoms with van der Waals surface area (Å²) in [7, 11) is 4.15. The van der Waals surface area contributed by atoms with Crippen molar-refractivity contribution in [2.45, 2.75) is 26.8 Å². The third-order valence-electron chi connectivity index (χ3n) is 4.10. The average molecular weight is 277 g/mol. The summed E-state index contributed by atoms with van der Waals surface area (Å²) in [5.41, 5.74) is 2.60. The topological polar surface area (TPSA) is 56.7 Å². The van der Waals surface area contributed by atoms with Crippen LogP contribution >= 0.6 is 0 Å². The minimum Gasteiger partial charge on any atom is -0.478 e. The highest BCUT2D eigenvalue weighted by Crippen LogP contribution is 2.30. The first-order chi connectivity index (χ1) is 9.31. The first-order valence-electron chi connectivity index (χ1n) is 6.94. The number of carboxylic acids is 1. The molecule has 1 aromatic heterocycles. The lowest BCUT2D eigenvalue weighted by Gasteiger charge is -2.24. The van der Waals surface area contributed by atoms with Crippen molar-refractivity contribution in [3.8, 4) is 0 Å². The van der Waals surface area contributed by atoms with Gasteiger partial charge in [0.1, 0.15) is 5.56 Å². The molecule has 2 heterocycles. The van der Waals surface area contributed by atoms with Crippen LogP contribution in [0.5, 0.6) is 0 Å². The van der Waals surface area contributed by atoms with Crippen molar-refractivity contribution < 1.29 is 9.90 Å². The van der Waals surface area contributed by atoms with Crippen molar-refractivity contribution in [2.24, 2.45) is 5.92 Å². The lowest BCUT2D eigenvalue weighted by molar-refractivity contribution is 0.0696. The van der Waals surface area contributed by atoms with Crippen molar-refractivity contribution in [1.82, 2.24) is 9.88 Å². The fourth-order valence-electron chi connectivity index (χ4n) is 3.14. The van der Waals surface area contributed by atoms with Gasteiger partial charge < -0.3 is 14.9 Å². The fourth-order valence-corrected chi connectivity index (χ4v) is 3.14. The number of hydrogen-bond donors (Lipinski definition) is 1. The maximum atomic E-state index is 11.5. The zero-order chi connectivity index (χ0) is 15.0. The maximum absolute atomic E-state index is 11.5. The molecule has 1 saturated heterocycles. The van der Waals surface area contributed by atoms with Gasteiger partial charge in [0.15, 0.2) is 0 Å². The van der Waals surface area contributed by atoms with Crippen LogP contribution in [-0.2, 0) is 0 Å². The van der Waals surface area contributed by atoms with Gasteiger partial charge >= 0.3 is 5.97 Å². The smallest absolute Gasteiger partial charge is 0.339 e. The third-order valence-corrected chi connectivity index (χ3v) is 4.10. The fraction of sp³-hybridized carbons (Fsp3) is 0.600. The zero-order valence-electron chi connectivity index (χ0n) is 12.8. The molecular weight excluding hydrogens is 254 g/mol. The van der Waals surface area contributed by atoms with Crippen LogP contribution in [0.2, 0.25) is 0 Å². The summed E-state index contributed by atoms with van der Waals surface area (Å²) in [6, 6.07) is 2.34. The highest BCUT2D eigenvalue weighted by atomic mass is 16.4. The zero-order valence-corrected chi connectivity index (χ0v) is 12.8. The molecule has 0 radical (unpaired) electrons. The van der Waals surface area contributed by atoms with Crippen LogP contribution in [0.15, 0.2) is 6.07 Å². The van der Waals surface area contributed by atoms with Crippen LogP contribution in [0.1, 0.15) is 28.7 Å². The number of aromatic carboxylic acids is 1. The molecule has 0 bridgehead atoms. The monoisotopic (exact) mass is 277 g/mol. The Labute approximate surface area is 120 Å². The lowest BCUT2D eigenvalue weighted by Crippen LogP contribution is -2.34. The van der Waals surface area contributed by atoms with Crippen LogP contribution < -0.4 is 4.90 Å². The Bertz CT molecular complexity index is 528. The SMILES string of the molecule is Cc1cc(N2CC(C)C(N(C)C)C2)c(C(=O)O)c(C)n1. The van der Waals surface area contributed by atoms with Gasteiger partial charge in [0.05, 0.1) is 11.4 Å². The van der Waals surface area contributed by atoms with E-state index >= 15 is 0 Å². The summed E-state index contributed by atoms with van der Waals surface area (Å²) >= 11 is 0. The molecule has 20 heavy (non-hydrogen) atoms. The summed E-state index contributed by atoms with van der Waals surface area (Å²) in [5.74, 6) is -0.383. The van der Waals surface area contributed by atoms with Crippen molar-refractivity contribution in [2.75, 3.05) is 32.1 Å². The molecule has 0 spiro atoms. The molecule has 2 unspecified atom stereocenters. The molecule has 1 aliphatic rings. The van der Waals surface area contributed by atoms with E-state index < -0.39 is 5.97 Å². The molecule has 0 aliphatic carbocycles. The van der Waals surface area contributed by atoms with E-state index in [4.69, 9.17) is 0 Å². The minimum absolute atomic E-state index is 0.335. The van der Waals surface area contributed by atoms with Gasteiger partial charge in [-0.1, -0.05) is 6.92 Å². The molecule has 5 nitrogen and oxygen atoms in total. The normalized spacial score (nSPS) is 22.6. The average Bonchev–Trinajstić information content (AvgIpc) is 2.69. The molecule has 0 saturated carbocycles. The van der Waals surface area contributed by atoms with Crippen molar-refractivity contribution in [3.63, 3.8) is 0 Å². The molecule has 110 valence electrons. The highest BCUT2D eigenvalue weighted by Gasteiger charge is 2.33. The highest BCUT2D eigenvalue weighted by molar-refractivity contribution is 5.95. The first-order valence-corrected chi connectivity index (χ1v) is 6.94. The Kier molecular flexibility index (Phi) is 3.99. The van der Waals surface area contributed by atoms with Gasteiger partial charge in [-0.25, -0.2) is 4.79 Å². The standard InChI is InChI=1S/C15H23N3O2/c1-9-7-18(8-13(9)17(4)5)12-6-10(2)16-11(3)14(12)15(19)20/h6,9,13H,7-8H2,1-5H3,(H,19,20). The quantitative estimate of drug-likeness (QED) is 0.912. The molecule has 2 rings (SSSR count). The Balaban J connectivity index is 2.41. The van der Waals surface area contributed by atoms with Crippen molar-refractivity contribution in [1.29, 1.82) is 0 Å². The molecule has 0 aromatic carbocycles. The van der Waals surface area contributed by atoms with Crippen LogP contribution in [0.25, 0.3) is 0 Å². The van der Waals surface area contributed by atoms with Gasteiger partial charge in [-0.15, -0.1) is 0 Å². The largest absolute Gasteiger partial charge is 0.478 e. The van der Waals surface area contributed by atoms with Gasteiger partial charge in [0.25, 0.3) is 0 Å². The van der Waals surface area contributed by atoms with Crippen molar-refractivity contribution >= 4 is 11.7 Å². The van der Waals surface area contributed by atoms with E-state index in [1.807, 2.05) is 13.0 Å². The number of likely N-dealkylation sites (N-methyl/N-ethyl adjacent to an activating group) is 1. The van der Waals surface area contributed by atoms with E-state index in [-0.39, 0.29) is 0 Å². The van der Waals surface area contributed by atoms with Crippen LogP contribution in [0.3, 0.4) is 0 Å². The summed E-state index contributed by atoms with van der Waals surface area (Å²) < 4.78 is 0. The number of carboxylic acid groups (broad SMARTS) is 1. The van der Waals surface area contributed by atoms with E-state index in [0.29, 0.717) is 23.2 Å². The number of carbonyl (C=O) groups is 1. The van der Waals surface area contributed by atoms with Crippen LogP contribution in [0, 0.1) is 19.8 Å². The van der Waals surface area contributed by atoms with E-state index in [0.717, 1.165) is 24.5 Å². The van der Waals surface area contributed by atoms with Gasteiger partial charge in [0, 0.05) is 24.8 Å². The summed E-state index contributed by atoms with van der Waals surface area (Å²) in [5, 5.41) is 9.46. The number of aryl methyl sites for hydroxylation is 2. The Morgan fingerprint density at radius 3 is 2.55 bits per heavy atom. The minimum atomic E-state index is -0.897. The molecule has 1 N–H and O–H groups in total. The molecule has 1 fully saturated rings. The predicted octanol–water partition coefficient (Wildman–Crippen LogP) is 1.78. The number of nitrogens with zero attached hydrogens (tertiary/aromatic N) is 3. The van der Waals surface area contributed by atoms with Crippen LogP contribution in [-0.4, -0.2) is 54.2 Å². The van der Waals surface area contributed by atoms with Gasteiger partial charge in [-0.2, -0.15) is 0 Å². The Hall–Kier alpha value is -1.62. The second kappa shape index (κ2) is 5.40. The number of rotatable bonds is 3. The first kappa shape index (κ1) is 14.8. The van der Waals surface area contributed by atoms with E-state index in [1.54, 1.807) is 6.92 Å². The third kappa shape index (κ3) is 2.63. The second-order valence-electron chi connectivity index (χ2n) is 5.96. The number of aromatic nitrogens is 1. The molecule has 1 aromatic rings. The Morgan fingerprint density at radius 2 is 2.05 bits per heavy atom. The van der Waals surface area contributed by atoms with Gasteiger partial charge in [0.2, 0.25) is 0 Å². The molecule has 1 aliphatic heterocycles. The lowest BCUT2D eigenvalue weighted by atomic mass is 10.1. The summed E-state index contributed by atoms with van der Waals surface area (Å²) in [6.45, 7) is 7.63. The number of pyridine rings is 1. The van der Waals surface area contributed by atoms with Gasteiger partial charge in [-0.05, 0) is 39.9 Å². The molecule has 0 amide bonds. The van der Waals surface area contributed by atoms with Crippen molar-refractivity contribution in [3.05, 3.63) is 23.0 Å². The molecule has 5 heteroatoms. The number of anilines is 1. The summed E-state index contributed by atoms with van der Waals surface area (Å²) in [4.78, 5) is 20.2. The Morgan fingerprint density at radius 1 is 1.40 bits per heavy atom. The maximum Gasteiger partial charge on any atom is 0.339 e. The molecular formula is C15H23N3O2.